The van der Waals surface area contributed by atoms with Gasteiger partial charge in [-0.15, -0.1) is 0 Å². The summed E-state index contributed by atoms with van der Waals surface area (Å²) in [5.41, 5.74) is 1.50. The zero-order chi connectivity index (χ0) is 13.2. The highest BCUT2D eigenvalue weighted by atomic mass is 15.1. The maximum absolute atomic E-state index is 4.47. The van der Waals surface area contributed by atoms with Crippen molar-refractivity contribution in [3.8, 4) is 0 Å². The second-order valence-corrected chi connectivity index (χ2v) is 6.65. The molecule has 1 aromatic rings. The summed E-state index contributed by atoms with van der Waals surface area (Å²) in [6, 6.07) is 6.71. The van der Waals surface area contributed by atoms with Crippen molar-refractivity contribution in [1.29, 1.82) is 0 Å². The lowest BCUT2D eigenvalue weighted by Crippen LogP contribution is -2.40. The van der Waals surface area contributed by atoms with E-state index in [9.17, 15) is 0 Å². The lowest BCUT2D eigenvalue weighted by Gasteiger charge is -2.26. The average Bonchev–Trinajstić information content (AvgIpc) is 2.68. The molecule has 0 amide bonds. The van der Waals surface area contributed by atoms with E-state index in [-0.39, 0.29) is 11.0 Å². The lowest BCUT2D eigenvalue weighted by atomic mass is 9.88. The molecule has 1 saturated heterocycles. The molecule has 0 aromatic carbocycles. The molecule has 0 aliphatic carbocycles. The van der Waals surface area contributed by atoms with E-state index in [1.807, 2.05) is 12.3 Å². The van der Waals surface area contributed by atoms with Crippen molar-refractivity contribution in [2.24, 2.45) is 0 Å². The molecule has 0 radical (unpaired) electrons. The number of nitrogens with zero attached hydrogens (tertiary/aromatic N) is 1. The minimum atomic E-state index is 0.0774. The van der Waals surface area contributed by atoms with Gasteiger partial charge in [-0.2, -0.15) is 0 Å². The third kappa shape index (κ3) is 3.30. The quantitative estimate of drug-likeness (QED) is 0.855. The fourth-order valence-electron chi connectivity index (χ4n) is 2.56. The monoisotopic (exact) mass is 247 g/mol. The van der Waals surface area contributed by atoms with Crippen LogP contribution in [0.5, 0.6) is 0 Å². The van der Waals surface area contributed by atoms with Gasteiger partial charge in [-0.3, -0.25) is 4.98 Å². The van der Waals surface area contributed by atoms with Gasteiger partial charge < -0.3 is 10.6 Å². The Morgan fingerprint density at radius 1 is 1.44 bits per heavy atom. The third-order valence-corrected chi connectivity index (χ3v) is 3.77. The van der Waals surface area contributed by atoms with Gasteiger partial charge in [0.2, 0.25) is 0 Å². The molecule has 0 saturated carbocycles. The molecule has 2 heterocycles. The van der Waals surface area contributed by atoms with E-state index >= 15 is 0 Å². The van der Waals surface area contributed by atoms with E-state index in [2.05, 4.69) is 55.4 Å². The van der Waals surface area contributed by atoms with E-state index < -0.39 is 0 Å². The number of aromatic nitrogens is 1. The van der Waals surface area contributed by atoms with Gasteiger partial charge in [-0.05, 0) is 32.4 Å². The van der Waals surface area contributed by atoms with Gasteiger partial charge in [0.15, 0.2) is 0 Å². The molecule has 100 valence electrons. The maximum Gasteiger partial charge on any atom is 0.0472 e. The highest BCUT2D eigenvalue weighted by molar-refractivity contribution is 5.15. The smallest absolute Gasteiger partial charge is 0.0472 e. The van der Waals surface area contributed by atoms with Crippen molar-refractivity contribution in [2.75, 3.05) is 13.1 Å². The molecule has 3 heteroatoms. The molecule has 1 aliphatic rings. The number of hydrogen-bond donors (Lipinski definition) is 2. The van der Waals surface area contributed by atoms with Gasteiger partial charge in [-0.25, -0.2) is 0 Å². The summed E-state index contributed by atoms with van der Waals surface area (Å²) in [7, 11) is 0. The first kappa shape index (κ1) is 13.5. The first-order chi connectivity index (χ1) is 8.39. The van der Waals surface area contributed by atoms with Crippen molar-refractivity contribution in [3.05, 3.63) is 30.1 Å². The minimum Gasteiger partial charge on any atom is -0.312 e. The summed E-state index contributed by atoms with van der Waals surface area (Å²) in [6.07, 6.45) is 3.06. The Kier molecular flexibility index (Phi) is 3.74. The van der Waals surface area contributed by atoms with Crippen LogP contribution < -0.4 is 10.6 Å². The van der Waals surface area contributed by atoms with Crippen LogP contribution in [0, 0.1) is 0 Å². The zero-order valence-corrected chi connectivity index (χ0v) is 12.0. The molecule has 3 nitrogen and oxygen atoms in total. The molecule has 18 heavy (non-hydrogen) atoms. The van der Waals surface area contributed by atoms with Gasteiger partial charge in [0.05, 0.1) is 0 Å². The third-order valence-electron chi connectivity index (χ3n) is 3.77. The summed E-state index contributed by atoms with van der Waals surface area (Å²) in [4.78, 5) is 4.47. The Morgan fingerprint density at radius 2 is 2.22 bits per heavy atom. The van der Waals surface area contributed by atoms with E-state index in [0.717, 1.165) is 18.8 Å². The Hall–Kier alpha value is -0.930. The summed E-state index contributed by atoms with van der Waals surface area (Å²) in [6.45, 7) is 11.0. The van der Waals surface area contributed by atoms with Crippen LogP contribution in [0.15, 0.2) is 24.4 Å². The molecule has 1 unspecified atom stereocenters. The van der Waals surface area contributed by atoms with Crippen molar-refractivity contribution in [1.82, 2.24) is 15.6 Å². The van der Waals surface area contributed by atoms with E-state index in [1.165, 1.54) is 6.42 Å². The highest BCUT2D eigenvalue weighted by Gasteiger charge is 2.31. The lowest BCUT2D eigenvalue weighted by molar-refractivity contribution is 0.402. The first-order valence-electron chi connectivity index (χ1n) is 6.79. The minimum absolute atomic E-state index is 0.0774. The molecule has 1 aromatic heterocycles. The fraction of sp³-hybridized carbons (Fsp3) is 0.667. The van der Waals surface area contributed by atoms with Gasteiger partial charge in [0, 0.05) is 42.0 Å². The van der Waals surface area contributed by atoms with Crippen molar-refractivity contribution in [2.45, 2.75) is 51.1 Å². The number of hydrogen-bond acceptors (Lipinski definition) is 3. The fourth-order valence-corrected chi connectivity index (χ4v) is 2.56. The number of rotatable bonds is 4. The standard InChI is InChI=1S/C15H25N3/c1-14(2,13-7-5-6-8-16-13)11-17-12-9-15(3,4)18-10-12/h5-8,12,17-18H,9-11H2,1-4H3. The summed E-state index contributed by atoms with van der Waals surface area (Å²) < 4.78 is 0. The Morgan fingerprint density at radius 3 is 2.78 bits per heavy atom. The van der Waals surface area contributed by atoms with Gasteiger partial charge in [-0.1, -0.05) is 19.9 Å². The van der Waals surface area contributed by atoms with Crippen molar-refractivity contribution in [3.63, 3.8) is 0 Å². The topological polar surface area (TPSA) is 37.0 Å². The number of nitrogens with one attached hydrogen (secondary N) is 2. The SMILES string of the molecule is CC1(C)CC(NCC(C)(C)c2ccccn2)CN1. The first-order valence-corrected chi connectivity index (χ1v) is 6.79. The summed E-state index contributed by atoms with van der Waals surface area (Å²) in [5, 5.41) is 7.22. The highest BCUT2D eigenvalue weighted by Crippen LogP contribution is 2.22. The predicted molar refractivity (Wildman–Crippen MR) is 75.8 cm³/mol. The summed E-state index contributed by atoms with van der Waals surface area (Å²) in [5.74, 6) is 0. The molecular formula is C15H25N3. The summed E-state index contributed by atoms with van der Waals surface area (Å²) >= 11 is 0. The predicted octanol–water partition coefficient (Wildman–Crippen LogP) is 2.09. The van der Waals surface area contributed by atoms with Crippen LogP contribution in [0.3, 0.4) is 0 Å². The molecule has 1 aliphatic heterocycles. The van der Waals surface area contributed by atoms with Gasteiger partial charge in [0.25, 0.3) is 0 Å². The van der Waals surface area contributed by atoms with Crippen LogP contribution in [0.4, 0.5) is 0 Å². The molecule has 2 N–H and O–H groups in total. The van der Waals surface area contributed by atoms with Crippen LogP contribution in [0.1, 0.15) is 39.8 Å². The van der Waals surface area contributed by atoms with E-state index in [1.54, 1.807) is 0 Å². The Labute approximate surface area is 110 Å². The molecule has 0 spiro atoms. The van der Waals surface area contributed by atoms with Crippen molar-refractivity contribution >= 4 is 0 Å². The molecule has 2 rings (SSSR count). The Balaban J connectivity index is 1.90. The van der Waals surface area contributed by atoms with Crippen LogP contribution in [0.2, 0.25) is 0 Å². The average molecular weight is 247 g/mol. The maximum atomic E-state index is 4.47. The normalized spacial score (nSPS) is 23.2. The molecule has 1 atom stereocenters. The van der Waals surface area contributed by atoms with E-state index in [0.29, 0.717) is 6.04 Å². The second-order valence-electron chi connectivity index (χ2n) is 6.65. The largest absolute Gasteiger partial charge is 0.312 e. The van der Waals surface area contributed by atoms with Crippen LogP contribution in [-0.2, 0) is 5.41 Å². The van der Waals surface area contributed by atoms with Gasteiger partial charge in [0.1, 0.15) is 0 Å². The van der Waals surface area contributed by atoms with Crippen LogP contribution in [-0.4, -0.2) is 29.7 Å². The van der Waals surface area contributed by atoms with E-state index in [4.69, 9.17) is 0 Å². The van der Waals surface area contributed by atoms with Crippen LogP contribution >= 0.6 is 0 Å². The zero-order valence-electron chi connectivity index (χ0n) is 12.0. The van der Waals surface area contributed by atoms with Crippen molar-refractivity contribution < 1.29 is 0 Å². The number of pyridine rings is 1. The van der Waals surface area contributed by atoms with Gasteiger partial charge >= 0.3 is 0 Å². The van der Waals surface area contributed by atoms with Crippen LogP contribution in [0.25, 0.3) is 0 Å². The molecular weight excluding hydrogens is 222 g/mol. The molecule has 1 fully saturated rings. The second kappa shape index (κ2) is 4.98. The molecule has 0 bridgehead atoms. The Bertz CT molecular complexity index is 384.